The second kappa shape index (κ2) is 11.8. The predicted molar refractivity (Wildman–Crippen MR) is 137 cm³/mol. The van der Waals surface area contributed by atoms with Crippen molar-refractivity contribution in [3.05, 3.63) is 66.7 Å². The highest BCUT2D eigenvalue weighted by Crippen LogP contribution is 2.38. The van der Waals surface area contributed by atoms with Gasteiger partial charge in [-0.15, -0.1) is 0 Å². The van der Waals surface area contributed by atoms with Crippen LogP contribution in [0.2, 0.25) is 0 Å². The third-order valence-corrected chi connectivity index (χ3v) is 5.55. The van der Waals surface area contributed by atoms with Gasteiger partial charge in [0.1, 0.15) is 5.82 Å². The van der Waals surface area contributed by atoms with Gasteiger partial charge in [-0.2, -0.15) is 9.78 Å². The van der Waals surface area contributed by atoms with E-state index in [1.165, 1.54) is 37.1 Å². The first kappa shape index (κ1) is 26.8. The number of ether oxygens (including phenoxy) is 3. The average molecular weight is 561 g/mol. The van der Waals surface area contributed by atoms with Crippen LogP contribution in [0.15, 0.2) is 44.7 Å². The number of nitro benzene ring substituents is 1. The van der Waals surface area contributed by atoms with Crippen LogP contribution in [-0.2, 0) is 16.0 Å². The number of hydrogen-bond acceptors (Lipinski definition) is 9. The number of halogens is 1. The quantitative estimate of drug-likeness (QED) is 0.155. The Balaban J connectivity index is 2.09. The second-order valence-corrected chi connectivity index (χ2v) is 8.56. The third-order valence-electron chi connectivity index (χ3n) is 5.06. The minimum Gasteiger partial charge on any atom is -0.493 e. The Kier molecular flexibility index (Phi) is 8.75. The highest BCUT2D eigenvalue weighted by molar-refractivity contribution is 9.10. The van der Waals surface area contributed by atoms with Gasteiger partial charge in [0, 0.05) is 22.5 Å². The van der Waals surface area contributed by atoms with Crippen LogP contribution in [-0.4, -0.2) is 46.6 Å². The van der Waals surface area contributed by atoms with Crippen LogP contribution < -0.4 is 15.0 Å². The zero-order valence-electron chi connectivity index (χ0n) is 20.2. The van der Waals surface area contributed by atoms with Crippen LogP contribution in [0.5, 0.6) is 11.5 Å². The van der Waals surface area contributed by atoms with Crippen LogP contribution in [0, 0.1) is 10.1 Å². The van der Waals surface area contributed by atoms with Crippen molar-refractivity contribution in [1.29, 1.82) is 0 Å². The molecule has 0 aliphatic carbocycles. The smallest absolute Gasteiger partial charge is 0.347 e. The summed E-state index contributed by atoms with van der Waals surface area (Å²) in [5.41, 5.74) is 0.0188. The summed E-state index contributed by atoms with van der Waals surface area (Å²) in [5, 5.41) is 16.5. The number of methoxy groups -OCH3 is 1. The standard InChI is InChI=1S/C24H25BrN4O7/c1-5-7-21-27-18-9-8-16(25)12-17(18)23(30)28(21)26-13-15-10-19(29(32)33)22(20(11-15)34-4)36-14(3)24(31)35-6-2/h8-14H,5-7H2,1-4H3/t14-/m1/s1. The average Bonchev–Trinajstić information content (AvgIpc) is 2.84. The number of fused-ring (bicyclic) bond motifs is 1. The van der Waals surface area contributed by atoms with Gasteiger partial charge in [-0.05, 0) is 44.5 Å². The lowest BCUT2D eigenvalue weighted by molar-refractivity contribution is -0.386. The Bertz CT molecular complexity index is 1390. The minimum absolute atomic E-state index is 0.0171. The van der Waals surface area contributed by atoms with Gasteiger partial charge in [-0.25, -0.2) is 9.78 Å². The molecule has 0 bridgehead atoms. The fourth-order valence-electron chi connectivity index (χ4n) is 3.40. The number of nitro groups is 1. The van der Waals surface area contributed by atoms with Crippen molar-refractivity contribution >= 4 is 44.7 Å². The SMILES string of the molecule is CCCc1nc2ccc(Br)cc2c(=O)n1N=Cc1cc(OC)c(O[C@H](C)C(=O)OCC)c([N+](=O)[O-])c1. The molecule has 0 aliphatic heterocycles. The van der Waals surface area contributed by atoms with Crippen molar-refractivity contribution in [2.75, 3.05) is 13.7 Å². The third kappa shape index (κ3) is 5.88. The molecule has 1 heterocycles. The van der Waals surface area contributed by atoms with Crippen molar-refractivity contribution in [2.45, 2.75) is 39.7 Å². The highest BCUT2D eigenvalue weighted by atomic mass is 79.9. The normalized spacial score (nSPS) is 12.0. The van der Waals surface area contributed by atoms with Gasteiger partial charge >= 0.3 is 11.7 Å². The molecule has 36 heavy (non-hydrogen) atoms. The van der Waals surface area contributed by atoms with Crippen molar-refractivity contribution in [3.8, 4) is 11.5 Å². The summed E-state index contributed by atoms with van der Waals surface area (Å²) in [6, 6.07) is 7.89. The molecule has 0 spiro atoms. The molecular weight excluding hydrogens is 536 g/mol. The monoisotopic (exact) mass is 560 g/mol. The summed E-state index contributed by atoms with van der Waals surface area (Å²) in [6.07, 6.45) is 1.43. The molecule has 12 heteroatoms. The molecule has 0 aliphatic rings. The van der Waals surface area contributed by atoms with Gasteiger partial charge in [-0.3, -0.25) is 14.9 Å². The zero-order valence-corrected chi connectivity index (χ0v) is 21.8. The first-order chi connectivity index (χ1) is 17.2. The summed E-state index contributed by atoms with van der Waals surface area (Å²) >= 11 is 3.36. The fourth-order valence-corrected chi connectivity index (χ4v) is 3.76. The van der Waals surface area contributed by atoms with Crippen molar-refractivity contribution in [3.63, 3.8) is 0 Å². The van der Waals surface area contributed by atoms with E-state index in [0.29, 0.717) is 23.1 Å². The van der Waals surface area contributed by atoms with Crippen LogP contribution in [0.1, 0.15) is 38.6 Å². The summed E-state index contributed by atoms with van der Waals surface area (Å²) in [4.78, 5) is 40.9. The number of benzene rings is 2. The number of aryl methyl sites for hydroxylation is 1. The summed E-state index contributed by atoms with van der Waals surface area (Å²) in [5.74, 6) is -0.416. The second-order valence-electron chi connectivity index (χ2n) is 7.64. The number of rotatable bonds is 10. The van der Waals surface area contributed by atoms with E-state index in [0.717, 1.165) is 10.9 Å². The van der Waals surface area contributed by atoms with Crippen LogP contribution in [0.4, 0.5) is 5.69 Å². The van der Waals surface area contributed by atoms with Crippen molar-refractivity contribution in [2.24, 2.45) is 5.10 Å². The van der Waals surface area contributed by atoms with Crippen LogP contribution >= 0.6 is 15.9 Å². The maximum atomic E-state index is 13.2. The van der Waals surface area contributed by atoms with Gasteiger partial charge in [0.2, 0.25) is 5.75 Å². The number of carbonyl (C=O) groups excluding carboxylic acids is 1. The Morgan fingerprint density at radius 3 is 2.69 bits per heavy atom. The molecule has 1 atom stereocenters. The molecule has 0 amide bonds. The lowest BCUT2D eigenvalue weighted by atomic mass is 10.1. The lowest BCUT2D eigenvalue weighted by Crippen LogP contribution is -2.26. The molecule has 11 nitrogen and oxygen atoms in total. The van der Waals surface area contributed by atoms with Gasteiger partial charge < -0.3 is 14.2 Å². The molecule has 190 valence electrons. The summed E-state index contributed by atoms with van der Waals surface area (Å²) in [7, 11) is 1.32. The predicted octanol–water partition coefficient (Wildman–Crippen LogP) is 4.24. The van der Waals surface area contributed by atoms with Crippen molar-refractivity contribution in [1.82, 2.24) is 9.66 Å². The molecular formula is C24H25BrN4O7. The molecule has 3 rings (SSSR count). The number of aromatic nitrogens is 2. The number of carbonyl (C=O) groups is 1. The van der Waals surface area contributed by atoms with Gasteiger partial charge in [0.05, 0.1) is 35.8 Å². The van der Waals surface area contributed by atoms with E-state index in [2.05, 4.69) is 26.0 Å². The topological polar surface area (TPSA) is 135 Å². The summed E-state index contributed by atoms with van der Waals surface area (Å²) < 4.78 is 17.6. The maximum Gasteiger partial charge on any atom is 0.347 e. The molecule has 0 radical (unpaired) electrons. The van der Waals surface area contributed by atoms with E-state index in [-0.39, 0.29) is 29.2 Å². The van der Waals surface area contributed by atoms with E-state index >= 15 is 0 Å². The van der Waals surface area contributed by atoms with Gasteiger partial charge in [0.15, 0.2) is 11.9 Å². The highest BCUT2D eigenvalue weighted by Gasteiger charge is 2.27. The number of esters is 1. The van der Waals surface area contributed by atoms with E-state index in [1.807, 2.05) is 6.92 Å². The molecule has 0 saturated heterocycles. The Labute approximate surface area is 215 Å². The fraction of sp³-hybridized carbons (Fsp3) is 0.333. The first-order valence-electron chi connectivity index (χ1n) is 11.1. The molecule has 0 fully saturated rings. The molecule has 0 unspecified atom stereocenters. The summed E-state index contributed by atoms with van der Waals surface area (Å²) in [6.45, 7) is 5.16. The maximum absolute atomic E-state index is 13.2. The molecule has 1 aromatic heterocycles. The van der Waals surface area contributed by atoms with Crippen LogP contribution in [0.3, 0.4) is 0 Å². The number of hydrogen-bond donors (Lipinski definition) is 0. The minimum atomic E-state index is -1.10. The first-order valence-corrected chi connectivity index (χ1v) is 11.9. The lowest BCUT2D eigenvalue weighted by Gasteiger charge is -2.16. The molecule has 0 N–H and O–H groups in total. The molecule has 0 saturated carbocycles. The van der Waals surface area contributed by atoms with Gasteiger partial charge in [-0.1, -0.05) is 22.9 Å². The largest absolute Gasteiger partial charge is 0.493 e. The molecule has 2 aromatic carbocycles. The van der Waals surface area contributed by atoms with E-state index < -0.39 is 22.7 Å². The van der Waals surface area contributed by atoms with E-state index in [1.54, 1.807) is 25.1 Å². The Morgan fingerprint density at radius 2 is 2.06 bits per heavy atom. The zero-order chi connectivity index (χ0) is 26.4. The number of nitrogens with zero attached hydrogens (tertiary/aromatic N) is 4. The Hall–Kier alpha value is -3.80. The Morgan fingerprint density at radius 1 is 1.31 bits per heavy atom. The van der Waals surface area contributed by atoms with Gasteiger partial charge in [0.25, 0.3) is 5.56 Å². The van der Waals surface area contributed by atoms with Crippen LogP contribution in [0.25, 0.3) is 10.9 Å². The van der Waals surface area contributed by atoms with Crippen molar-refractivity contribution < 1.29 is 23.9 Å². The van der Waals surface area contributed by atoms with E-state index in [9.17, 15) is 19.7 Å². The molecule has 3 aromatic rings. The van der Waals surface area contributed by atoms with E-state index in [4.69, 9.17) is 14.2 Å².